The van der Waals surface area contributed by atoms with E-state index in [1.165, 1.54) is 15.8 Å². The van der Waals surface area contributed by atoms with Crippen LogP contribution in [0.1, 0.15) is 11.1 Å². The maximum absolute atomic E-state index is 10.4. The molecule has 0 saturated carbocycles. The molecule has 0 bridgehead atoms. The third-order valence-electron chi connectivity index (χ3n) is 3.65. The van der Waals surface area contributed by atoms with Gasteiger partial charge in [0.15, 0.2) is 0 Å². The van der Waals surface area contributed by atoms with Gasteiger partial charge in [-0.05, 0) is 25.5 Å². The summed E-state index contributed by atoms with van der Waals surface area (Å²) in [4.78, 5) is 0. The summed E-state index contributed by atoms with van der Waals surface area (Å²) in [7, 11) is 1.76. The van der Waals surface area contributed by atoms with Crippen molar-refractivity contribution >= 4 is 0 Å². The van der Waals surface area contributed by atoms with E-state index in [1.54, 1.807) is 7.05 Å². The molecule has 106 valence electrons. The van der Waals surface area contributed by atoms with E-state index in [2.05, 4.69) is 24.2 Å². The molecule has 0 saturated heterocycles. The zero-order valence-electron chi connectivity index (χ0n) is 12.5. The van der Waals surface area contributed by atoms with Crippen molar-refractivity contribution in [2.24, 2.45) is 7.05 Å². The highest BCUT2D eigenvalue weighted by atomic mass is 16.3. The van der Waals surface area contributed by atoms with Gasteiger partial charge in [-0.25, -0.2) is 4.68 Å². The Morgan fingerprint density at radius 2 is 1.62 bits per heavy atom. The van der Waals surface area contributed by atoms with Crippen LogP contribution in [0.4, 0.5) is 0 Å². The molecule has 0 aliphatic rings. The van der Waals surface area contributed by atoms with Crippen molar-refractivity contribution in [2.45, 2.75) is 13.8 Å². The Bertz CT molecular complexity index is 785. The molecule has 3 aromatic rings. The van der Waals surface area contributed by atoms with Gasteiger partial charge in [0.2, 0.25) is 5.88 Å². The SMILES string of the molecule is Cc1ccc(-c2c(-c3cccc(C)c3)nn(C)c2O)cc1. The van der Waals surface area contributed by atoms with Gasteiger partial charge in [0.1, 0.15) is 5.69 Å². The predicted molar refractivity (Wildman–Crippen MR) is 85.2 cm³/mol. The first kappa shape index (κ1) is 13.4. The van der Waals surface area contributed by atoms with Crippen molar-refractivity contribution in [2.75, 3.05) is 0 Å². The minimum absolute atomic E-state index is 0.190. The Hall–Kier alpha value is -2.55. The predicted octanol–water partition coefficient (Wildman–Crippen LogP) is 4.08. The van der Waals surface area contributed by atoms with Crippen LogP contribution in [0.5, 0.6) is 5.88 Å². The zero-order chi connectivity index (χ0) is 15.0. The third-order valence-corrected chi connectivity index (χ3v) is 3.65. The maximum Gasteiger partial charge on any atom is 0.217 e. The molecule has 2 aromatic carbocycles. The lowest BCUT2D eigenvalue weighted by molar-refractivity contribution is 0.421. The lowest BCUT2D eigenvalue weighted by Gasteiger charge is -2.05. The van der Waals surface area contributed by atoms with Gasteiger partial charge in [-0.3, -0.25) is 0 Å². The van der Waals surface area contributed by atoms with E-state index in [-0.39, 0.29) is 5.88 Å². The summed E-state index contributed by atoms with van der Waals surface area (Å²) in [5.41, 5.74) is 5.95. The van der Waals surface area contributed by atoms with E-state index in [4.69, 9.17) is 0 Å². The number of aromatic nitrogens is 2. The fourth-order valence-corrected chi connectivity index (χ4v) is 2.50. The van der Waals surface area contributed by atoms with E-state index in [0.717, 1.165) is 22.4 Å². The van der Waals surface area contributed by atoms with Crippen LogP contribution in [0.3, 0.4) is 0 Å². The molecule has 0 aliphatic heterocycles. The number of nitrogens with zero attached hydrogens (tertiary/aromatic N) is 2. The zero-order valence-corrected chi connectivity index (χ0v) is 12.5. The molecule has 3 nitrogen and oxygen atoms in total. The molecule has 0 atom stereocenters. The molecule has 0 radical (unpaired) electrons. The molecular weight excluding hydrogens is 260 g/mol. The van der Waals surface area contributed by atoms with Gasteiger partial charge in [0.05, 0.1) is 5.56 Å². The fourth-order valence-electron chi connectivity index (χ4n) is 2.50. The lowest BCUT2D eigenvalue weighted by Crippen LogP contribution is -1.89. The smallest absolute Gasteiger partial charge is 0.217 e. The van der Waals surface area contributed by atoms with Crippen LogP contribution < -0.4 is 0 Å². The fraction of sp³-hybridized carbons (Fsp3) is 0.167. The van der Waals surface area contributed by atoms with Crippen molar-refractivity contribution in [1.82, 2.24) is 9.78 Å². The molecule has 1 aromatic heterocycles. The summed E-state index contributed by atoms with van der Waals surface area (Å²) in [6.07, 6.45) is 0. The number of hydrogen-bond acceptors (Lipinski definition) is 2. The molecule has 1 heterocycles. The Morgan fingerprint density at radius 1 is 0.905 bits per heavy atom. The minimum atomic E-state index is 0.190. The van der Waals surface area contributed by atoms with Crippen molar-refractivity contribution in [3.63, 3.8) is 0 Å². The minimum Gasteiger partial charge on any atom is -0.493 e. The van der Waals surface area contributed by atoms with E-state index in [9.17, 15) is 5.11 Å². The Kier molecular flexibility index (Phi) is 3.26. The summed E-state index contributed by atoms with van der Waals surface area (Å²) in [6, 6.07) is 16.3. The van der Waals surface area contributed by atoms with Crippen LogP contribution in [0.15, 0.2) is 48.5 Å². The molecule has 3 rings (SSSR count). The van der Waals surface area contributed by atoms with Crippen molar-refractivity contribution < 1.29 is 5.11 Å². The average molecular weight is 278 g/mol. The van der Waals surface area contributed by atoms with Crippen molar-refractivity contribution in [1.29, 1.82) is 0 Å². The summed E-state index contributed by atoms with van der Waals surface area (Å²) in [5.74, 6) is 0.190. The van der Waals surface area contributed by atoms with Crippen LogP contribution in [0.2, 0.25) is 0 Å². The standard InChI is InChI=1S/C18H18N2O/c1-12-7-9-14(10-8-12)16-17(19-20(3)18(16)21)15-6-4-5-13(2)11-15/h4-11,21H,1-3H3. The van der Waals surface area contributed by atoms with Crippen LogP contribution in [0.25, 0.3) is 22.4 Å². The second-order valence-electron chi connectivity index (χ2n) is 5.41. The van der Waals surface area contributed by atoms with Gasteiger partial charge in [-0.15, -0.1) is 0 Å². The van der Waals surface area contributed by atoms with E-state index >= 15 is 0 Å². The van der Waals surface area contributed by atoms with Gasteiger partial charge >= 0.3 is 0 Å². The molecule has 0 amide bonds. The van der Waals surface area contributed by atoms with Gasteiger partial charge in [-0.1, -0.05) is 53.6 Å². The van der Waals surface area contributed by atoms with Crippen LogP contribution in [0, 0.1) is 13.8 Å². The first-order valence-electron chi connectivity index (χ1n) is 6.96. The summed E-state index contributed by atoms with van der Waals surface area (Å²) >= 11 is 0. The number of aryl methyl sites for hydroxylation is 3. The van der Waals surface area contributed by atoms with Crippen LogP contribution in [-0.4, -0.2) is 14.9 Å². The largest absolute Gasteiger partial charge is 0.493 e. The van der Waals surface area contributed by atoms with Crippen LogP contribution in [-0.2, 0) is 7.05 Å². The summed E-state index contributed by atoms with van der Waals surface area (Å²) in [5, 5.41) is 14.9. The molecular formula is C18H18N2O. The Balaban J connectivity index is 2.23. The van der Waals surface area contributed by atoms with Crippen molar-refractivity contribution in [3.8, 4) is 28.3 Å². The number of aromatic hydroxyl groups is 1. The molecule has 0 unspecified atom stereocenters. The van der Waals surface area contributed by atoms with E-state index < -0.39 is 0 Å². The third kappa shape index (κ3) is 2.42. The van der Waals surface area contributed by atoms with Gasteiger partial charge in [-0.2, -0.15) is 5.10 Å². The van der Waals surface area contributed by atoms with Gasteiger partial charge < -0.3 is 5.11 Å². The average Bonchev–Trinajstić information content (AvgIpc) is 2.76. The Morgan fingerprint density at radius 3 is 2.29 bits per heavy atom. The molecule has 21 heavy (non-hydrogen) atoms. The number of hydrogen-bond donors (Lipinski definition) is 1. The highest BCUT2D eigenvalue weighted by Gasteiger charge is 2.18. The van der Waals surface area contributed by atoms with E-state index in [1.807, 2.05) is 43.3 Å². The normalized spacial score (nSPS) is 10.8. The van der Waals surface area contributed by atoms with Crippen molar-refractivity contribution in [3.05, 3.63) is 59.7 Å². The van der Waals surface area contributed by atoms with Crippen LogP contribution >= 0.6 is 0 Å². The Labute approximate surface area is 124 Å². The number of rotatable bonds is 2. The second kappa shape index (κ2) is 5.09. The van der Waals surface area contributed by atoms with Gasteiger partial charge in [0, 0.05) is 12.6 Å². The van der Waals surface area contributed by atoms with Gasteiger partial charge in [0.25, 0.3) is 0 Å². The molecule has 3 heteroatoms. The number of benzene rings is 2. The highest BCUT2D eigenvalue weighted by molar-refractivity contribution is 5.84. The topological polar surface area (TPSA) is 38.0 Å². The molecule has 1 N–H and O–H groups in total. The summed E-state index contributed by atoms with van der Waals surface area (Å²) < 4.78 is 1.52. The van der Waals surface area contributed by atoms with E-state index in [0.29, 0.717) is 0 Å². The first-order valence-corrected chi connectivity index (χ1v) is 6.96. The molecule has 0 fully saturated rings. The maximum atomic E-state index is 10.4. The molecule has 0 aliphatic carbocycles. The summed E-state index contributed by atoms with van der Waals surface area (Å²) in [6.45, 7) is 4.10. The lowest BCUT2D eigenvalue weighted by atomic mass is 9.99. The molecule has 0 spiro atoms. The highest BCUT2D eigenvalue weighted by Crippen LogP contribution is 2.38. The quantitative estimate of drug-likeness (QED) is 0.767. The monoisotopic (exact) mass is 278 g/mol. The first-order chi connectivity index (χ1) is 10.1. The second-order valence-corrected chi connectivity index (χ2v) is 5.41.